The number of sulfone groups is 1. The Morgan fingerprint density at radius 1 is 1.35 bits per heavy atom. The van der Waals surface area contributed by atoms with Crippen LogP contribution in [0.5, 0.6) is 5.75 Å². The van der Waals surface area contributed by atoms with Gasteiger partial charge in [-0.15, -0.1) is 0 Å². The van der Waals surface area contributed by atoms with Crippen molar-refractivity contribution in [3.63, 3.8) is 0 Å². The number of rotatable bonds is 7. The lowest BCUT2D eigenvalue weighted by Gasteiger charge is -2.27. The molecule has 166 valence electrons. The van der Waals surface area contributed by atoms with Gasteiger partial charge in [0.2, 0.25) is 0 Å². The van der Waals surface area contributed by atoms with Gasteiger partial charge < -0.3 is 15.0 Å². The van der Waals surface area contributed by atoms with Crippen molar-refractivity contribution in [1.82, 2.24) is 15.3 Å². The van der Waals surface area contributed by atoms with Crippen LogP contribution < -0.4 is 15.0 Å². The van der Waals surface area contributed by atoms with Gasteiger partial charge in [0.15, 0.2) is 21.4 Å². The molecule has 1 unspecified atom stereocenters. The SMILES string of the molecule is COc1c(F)cccc1C1CCCN1c1cnc(C(=O)N[C@H](C)/C=C/S(C)(=O)=O)cn1. The molecule has 0 aliphatic carbocycles. The van der Waals surface area contributed by atoms with Gasteiger partial charge in [-0.1, -0.05) is 18.2 Å². The highest BCUT2D eigenvalue weighted by Gasteiger charge is 2.30. The van der Waals surface area contributed by atoms with Crippen molar-refractivity contribution in [3.8, 4) is 5.75 Å². The topological polar surface area (TPSA) is 101 Å². The molecule has 2 atom stereocenters. The summed E-state index contributed by atoms with van der Waals surface area (Å²) in [5, 5.41) is 3.69. The van der Waals surface area contributed by atoms with E-state index < -0.39 is 27.6 Å². The molecule has 3 rings (SSSR count). The Bertz CT molecular complexity index is 1070. The van der Waals surface area contributed by atoms with Gasteiger partial charge in [0.05, 0.1) is 25.5 Å². The molecule has 0 radical (unpaired) electrons. The minimum absolute atomic E-state index is 0.110. The van der Waals surface area contributed by atoms with Gasteiger partial charge in [-0.25, -0.2) is 22.8 Å². The summed E-state index contributed by atoms with van der Waals surface area (Å²) in [5.74, 6) is -0.0756. The molecule has 31 heavy (non-hydrogen) atoms. The highest BCUT2D eigenvalue weighted by molar-refractivity contribution is 7.93. The molecule has 1 aromatic heterocycles. The van der Waals surface area contributed by atoms with Gasteiger partial charge in [-0.3, -0.25) is 4.79 Å². The molecule has 1 aromatic carbocycles. The number of hydrogen-bond donors (Lipinski definition) is 1. The van der Waals surface area contributed by atoms with Gasteiger partial charge in [0.25, 0.3) is 5.91 Å². The Hall–Kier alpha value is -3.01. The maximum absolute atomic E-state index is 14.1. The quantitative estimate of drug-likeness (QED) is 0.695. The van der Waals surface area contributed by atoms with Crippen molar-refractivity contribution in [2.75, 3.05) is 24.8 Å². The van der Waals surface area contributed by atoms with E-state index in [0.29, 0.717) is 5.82 Å². The largest absolute Gasteiger partial charge is 0.493 e. The Morgan fingerprint density at radius 3 is 2.77 bits per heavy atom. The summed E-state index contributed by atoms with van der Waals surface area (Å²) < 4.78 is 41.8. The zero-order chi connectivity index (χ0) is 22.6. The van der Waals surface area contributed by atoms with Crippen LogP contribution in [0.4, 0.5) is 10.2 Å². The minimum Gasteiger partial charge on any atom is -0.493 e. The van der Waals surface area contributed by atoms with Gasteiger partial charge in [0.1, 0.15) is 11.5 Å². The molecule has 1 aliphatic rings. The lowest BCUT2D eigenvalue weighted by Crippen LogP contribution is -2.32. The number of carbonyl (C=O) groups excluding carboxylic acids is 1. The number of hydrogen-bond acceptors (Lipinski definition) is 7. The van der Waals surface area contributed by atoms with E-state index in [1.807, 2.05) is 11.0 Å². The first kappa shape index (κ1) is 22.7. The minimum atomic E-state index is -3.27. The number of benzene rings is 1. The number of nitrogens with one attached hydrogen (secondary N) is 1. The number of anilines is 1. The fourth-order valence-electron chi connectivity index (χ4n) is 3.54. The van der Waals surface area contributed by atoms with Crippen LogP contribution in [-0.2, 0) is 9.84 Å². The monoisotopic (exact) mass is 448 g/mol. The number of carbonyl (C=O) groups is 1. The van der Waals surface area contributed by atoms with E-state index in [2.05, 4.69) is 15.3 Å². The first-order chi connectivity index (χ1) is 14.7. The van der Waals surface area contributed by atoms with Gasteiger partial charge in [-0.05, 0) is 25.8 Å². The Labute approximate surface area is 181 Å². The van der Waals surface area contributed by atoms with Crippen molar-refractivity contribution < 1.29 is 22.3 Å². The molecule has 1 saturated heterocycles. The van der Waals surface area contributed by atoms with Crippen molar-refractivity contribution in [1.29, 1.82) is 0 Å². The summed E-state index contributed by atoms with van der Waals surface area (Å²) in [7, 11) is -1.82. The predicted octanol–water partition coefficient (Wildman–Crippen LogP) is 2.64. The van der Waals surface area contributed by atoms with Crippen LogP contribution in [0.2, 0.25) is 0 Å². The highest BCUT2D eigenvalue weighted by Crippen LogP contribution is 2.39. The summed E-state index contributed by atoms with van der Waals surface area (Å²) in [4.78, 5) is 23.0. The average Bonchev–Trinajstić information content (AvgIpc) is 3.21. The summed E-state index contributed by atoms with van der Waals surface area (Å²) in [6, 6.07) is 4.25. The second-order valence-corrected chi connectivity index (χ2v) is 9.32. The summed E-state index contributed by atoms with van der Waals surface area (Å²) in [6.07, 6.45) is 7.06. The van der Waals surface area contributed by atoms with Crippen LogP contribution in [0, 0.1) is 5.82 Å². The van der Waals surface area contributed by atoms with E-state index in [-0.39, 0.29) is 17.5 Å². The molecule has 1 N–H and O–H groups in total. The maximum Gasteiger partial charge on any atom is 0.271 e. The molecule has 1 fully saturated rings. The van der Waals surface area contributed by atoms with Crippen LogP contribution in [-0.4, -0.2) is 50.2 Å². The average molecular weight is 449 g/mol. The first-order valence-corrected chi connectivity index (χ1v) is 11.7. The lowest BCUT2D eigenvalue weighted by molar-refractivity contribution is 0.0941. The van der Waals surface area contributed by atoms with E-state index in [0.717, 1.165) is 36.6 Å². The third kappa shape index (κ3) is 5.57. The van der Waals surface area contributed by atoms with Crippen LogP contribution >= 0.6 is 0 Å². The summed E-state index contributed by atoms with van der Waals surface area (Å²) in [6.45, 7) is 2.38. The van der Waals surface area contributed by atoms with Crippen LogP contribution in [0.15, 0.2) is 42.1 Å². The number of aromatic nitrogens is 2. The predicted molar refractivity (Wildman–Crippen MR) is 115 cm³/mol. The van der Waals surface area contributed by atoms with E-state index in [1.165, 1.54) is 31.6 Å². The second-order valence-electron chi connectivity index (χ2n) is 7.39. The number of ether oxygens (including phenoxy) is 1. The standard InChI is InChI=1S/C21H25FN4O4S/c1-14(9-11-31(3,28)29)25-21(27)17-12-24-19(13-23-17)26-10-5-8-18(26)15-6-4-7-16(22)20(15)30-2/h4,6-7,9,11-14,18H,5,8,10H2,1-3H3,(H,25,27)/b11-9+/t14-,18?/m1/s1. The number of amides is 1. The highest BCUT2D eigenvalue weighted by atomic mass is 32.2. The molecular weight excluding hydrogens is 423 g/mol. The molecule has 2 heterocycles. The molecule has 1 amide bonds. The van der Waals surface area contributed by atoms with Gasteiger partial charge >= 0.3 is 0 Å². The number of nitrogens with zero attached hydrogens (tertiary/aromatic N) is 3. The van der Waals surface area contributed by atoms with Crippen molar-refractivity contribution >= 4 is 21.6 Å². The molecule has 2 aromatic rings. The molecule has 8 nitrogen and oxygen atoms in total. The van der Waals surface area contributed by atoms with Crippen LogP contribution in [0.1, 0.15) is 41.9 Å². The molecule has 1 aliphatic heterocycles. The number of methoxy groups -OCH3 is 1. The third-order valence-corrected chi connectivity index (χ3v) is 5.60. The number of halogens is 1. The maximum atomic E-state index is 14.1. The fourth-order valence-corrected chi connectivity index (χ4v) is 4.06. The lowest BCUT2D eigenvalue weighted by atomic mass is 10.0. The van der Waals surface area contributed by atoms with Crippen molar-refractivity contribution in [2.24, 2.45) is 0 Å². The zero-order valence-corrected chi connectivity index (χ0v) is 18.4. The van der Waals surface area contributed by atoms with E-state index in [1.54, 1.807) is 13.0 Å². The van der Waals surface area contributed by atoms with E-state index >= 15 is 0 Å². The summed E-state index contributed by atoms with van der Waals surface area (Å²) >= 11 is 0. The Kier molecular flexibility index (Phi) is 6.89. The first-order valence-electron chi connectivity index (χ1n) is 9.80. The third-order valence-electron chi connectivity index (χ3n) is 4.95. The van der Waals surface area contributed by atoms with Gasteiger partial charge in [-0.2, -0.15) is 0 Å². The van der Waals surface area contributed by atoms with E-state index in [9.17, 15) is 17.6 Å². The van der Waals surface area contributed by atoms with Crippen LogP contribution in [0.25, 0.3) is 0 Å². The fraction of sp³-hybridized carbons (Fsp3) is 0.381. The van der Waals surface area contributed by atoms with Crippen molar-refractivity contribution in [2.45, 2.75) is 31.8 Å². The second kappa shape index (κ2) is 9.42. The van der Waals surface area contributed by atoms with Gasteiger partial charge in [0, 0.05) is 29.8 Å². The molecule has 0 spiro atoms. The Morgan fingerprint density at radius 2 is 2.13 bits per heavy atom. The smallest absolute Gasteiger partial charge is 0.271 e. The van der Waals surface area contributed by atoms with Crippen molar-refractivity contribution in [3.05, 3.63) is 59.2 Å². The molecule has 10 heteroatoms. The molecular formula is C21H25FN4O4S. The van der Waals surface area contributed by atoms with E-state index in [4.69, 9.17) is 4.74 Å². The van der Waals surface area contributed by atoms with Crippen LogP contribution in [0.3, 0.4) is 0 Å². The normalized spacial score (nSPS) is 17.7. The summed E-state index contributed by atoms with van der Waals surface area (Å²) in [5.41, 5.74) is 0.859. The molecule has 0 bridgehead atoms. The molecule has 0 saturated carbocycles. The number of para-hydroxylation sites is 1. The Balaban J connectivity index is 1.74. The zero-order valence-electron chi connectivity index (χ0n) is 17.6.